The molecule has 1 fully saturated rings. The van der Waals surface area contributed by atoms with Crippen LogP contribution in [0.4, 0.5) is 0 Å². The molecule has 0 saturated carbocycles. The van der Waals surface area contributed by atoms with Gasteiger partial charge in [-0.1, -0.05) is 23.4 Å². The Kier molecular flexibility index (Phi) is 7.17. The second kappa shape index (κ2) is 10.1. The Bertz CT molecular complexity index is 1190. The third-order valence-corrected chi connectivity index (χ3v) is 7.32. The number of carbonyl (C=O) groups is 2. The maximum atomic E-state index is 13.2. The number of halogens is 1. The van der Waals surface area contributed by atoms with Crippen molar-refractivity contribution in [2.24, 2.45) is 5.92 Å². The van der Waals surface area contributed by atoms with E-state index in [1.807, 2.05) is 5.38 Å². The second-order valence-electron chi connectivity index (χ2n) is 7.37. The Balaban J connectivity index is 1.56. The molecule has 168 valence electrons. The number of hydrogen-bond donors (Lipinski definition) is 0. The number of aromatic nitrogens is 2. The lowest BCUT2D eigenvalue weighted by Gasteiger charge is -2.31. The standard InChI is InChI=1S/C22H22ClN3O4S2/c1-2-30-21(29)14-4-3-10-25(12-14)18(27)13-32-22-24-17-9-11-31-19(17)20(28)26(22)16-7-5-15(23)6-8-16/h5-9,11,14H,2-4,10,12-13H2,1H3. The van der Waals surface area contributed by atoms with E-state index < -0.39 is 0 Å². The van der Waals surface area contributed by atoms with Crippen molar-refractivity contribution >= 4 is 56.8 Å². The lowest BCUT2D eigenvalue weighted by Crippen LogP contribution is -2.43. The Labute approximate surface area is 198 Å². The fourth-order valence-electron chi connectivity index (χ4n) is 3.68. The van der Waals surface area contributed by atoms with E-state index in [1.165, 1.54) is 27.7 Å². The summed E-state index contributed by atoms with van der Waals surface area (Å²) >= 11 is 8.56. The molecule has 1 aliphatic rings. The van der Waals surface area contributed by atoms with E-state index in [9.17, 15) is 14.4 Å². The number of piperidine rings is 1. The van der Waals surface area contributed by atoms with Gasteiger partial charge in [0.2, 0.25) is 5.91 Å². The minimum atomic E-state index is -0.287. The van der Waals surface area contributed by atoms with Gasteiger partial charge in [0.1, 0.15) is 4.70 Å². The molecule has 1 amide bonds. The number of likely N-dealkylation sites (tertiary alicyclic amines) is 1. The Hall–Kier alpha value is -2.36. The largest absolute Gasteiger partial charge is 0.466 e. The number of thiophene rings is 1. The van der Waals surface area contributed by atoms with Gasteiger partial charge < -0.3 is 9.64 Å². The minimum absolute atomic E-state index is 0.0914. The molecule has 0 spiro atoms. The van der Waals surface area contributed by atoms with Crippen LogP contribution in [0.25, 0.3) is 15.9 Å². The highest BCUT2D eigenvalue weighted by Gasteiger charge is 2.29. The summed E-state index contributed by atoms with van der Waals surface area (Å²) in [6.45, 7) is 3.07. The lowest BCUT2D eigenvalue weighted by molar-refractivity contribution is -0.151. The molecule has 1 aliphatic heterocycles. The number of rotatable bonds is 6. The maximum absolute atomic E-state index is 13.2. The van der Waals surface area contributed by atoms with Crippen molar-refractivity contribution in [3.63, 3.8) is 0 Å². The van der Waals surface area contributed by atoms with Crippen molar-refractivity contribution in [1.29, 1.82) is 0 Å². The summed E-state index contributed by atoms with van der Waals surface area (Å²) in [5, 5.41) is 2.84. The van der Waals surface area contributed by atoms with E-state index in [0.717, 1.165) is 12.8 Å². The smallest absolute Gasteiger partial charge is 0.310 e. The molecule has 3 heterocycles. The van der Waals surface area contributed by atoms with Crippen LogP contribution in [-0.4, -0.2) is 51.8 Å². The van der Waals surface area contributed by atoms with Crippen LogP contribution in [-0.2, 0) is 14.3 Å². The molecule has 2 aromatic heterocycles. The van der Waals surface area contributed by atoms with E-state index in [1.54, 1.807) is 42.2 Å². The molecule has 1 unspecified atom stereocenters. The zero-order chi connectivity index (χ0) is 22.7. The number of benzene rings is 1. The fraction of sp³-hybridized carbons (Fsp3) is 0.364. The first-order valence-corrected chi connectivity index (χ1v) is 12.6. The van der Waals surface area contributed by atoms with Gasteiger partial charge in [-0.3, -0.25) is 19.0 Å². The van der Waals surface area contributed by atoms with E-state index in [-0.39, 0.29) is 29.1 Å². The number of hydrogen-bond acceptors (Lipinski definition) is 7. The normalized spacial score (nSPS) is 16.3. The average Bonchev–Trinajstić information content (AvgIpc) is 3.28. The van der Waals surface area contributed by atoms with Gasteiger partial charge in [0.25, 0.3) is 5.56 Å². The molecule has 0 aliphatic carbocycles. The zero-order valence-electron chi connectivity index (χ0n) is 17.5. The van der Waals surface area contributed by atoms with Gasteiger partial charge >= 0.3 is 5.97 Å². The molecule has 4 rings (SSSR count). The number of carbonyl (C=O) groups excluding carboxylic acids is 2. The minimum Gasteiger partial charge on any atom is -0.466 e. The van der Waals surface area contributed by atoms with Crippen LogP contribution in [0.3, 0.4) is 0 Å². The molecule has 1 atom stereocenters. The van der Waals surface area contributed by atoms with Gasteiger partial charge in [0, 0.05) is 18.1 Å². The quantitative estimate of drug-likeness (QED) is 0.294. The van der Waals surface area contributed by atoms with Crippen LogP contribution in [0, 0.1) is 5.92 Å². The predicted molar refractivity (Wildman–Crippen MR) is 127 cm³/mol. The van der Waals surface area contributed by atoms with Crippen molar-refractivity contribution < 1.29 is 14.3 Å². The molecule has 1 aromatic carbocycles. The van der Waals surface area contributed by atoms with Gasteiger partial charge in [-0.25, -0.2) is 4.98 Å². The molecule has 0 N–H and O–H groups in total. The van der Waals surface area contributed by atoms with E-state index >= 15 is 0 Å². The molecule has 0 bridgehead atoms. The first-order chi connectivity index (χ1) is 15.5. The van der Waals surface area contributed by atoms with E-state index in [2.05, 4.69) is 4.98 Å². The molecule has 7 nitrogen and oxygen atoms in total. The van der Waals surface area contributed by atoms with E-state index in [4.69, 9.17) is 16.3 Å². The van der Waals surface area contributed by atoms with Crippen molar-refractivity contribution in [2.45, 2.75) is 24.9 Å². The van der Waals surface area contributed by atoms with Gasteiger partial charge in [0.15, 0.2) is 5.16 Å². The summed E-state index contributed by atoms with van der Waals surface area (Å²) in [5.41, 5.74) is 1.07. The van der Waals surface area contributed by atoms with Crippen molar-refractivity contribution in [3.05, 3.63) is 51.1 Å². The topological polar surface area (TPSA) is 81.5 Å². The fourth-order valence-corrected chi connectivity index (χ4v) is 5.48. The SMILES string of the molecule is CCOC(=O)C1CCCN(C(=O)CSc2nc3ccsc3c(=O)n2-c2ccc(Cl)cc2)C1. The third-order valence-electron chi connectivity index (χ3n) is 5.25. The molecule has 0 radical (unpaired) electrons. The summed E-state index contributed by atoms with van der Waals surface area (Å²) in [6.07, 6.45) is 1.48. The molecular weight excluding hydrogens is 470 g/mol. The molecule has 3 aromatic rings. The van der Waals surface area contributed by atoms with Crippen LogP contribution >= 0.6 is 34.7 Å². The third kappa shape index (κ3) is 4.84. The number of ether oxygens (including phenoxy) is 1. The molecule has 32 heavy (non-hydrogen) atoms. The number of thioether (sulfide) groups is 1. The highest BCUT2D eigenvalue weighted by molar-refractivity contribution is 7.99. The van der Waals surface area contributed by atoms with Crippen molar-refractivity contribution in [2.75, 3.05) is 25.4 Å². The molecular formula is C22H22ClN3O4S2. The van der Waals surface area contributed by atoms with Crippen LogP contribution < -0.4 is 5.56 Å². The highest BCUT2D eigenvalue weighted by Crippen LogP contribution is 2.25. The number of amides is 1. The summed E-state index contributed by atoms with van der Waals surface area (Å²) in [7, 11) is 0. The maximum Gasteiger partial charge on any atom is 0.310 e. The molecule has 10 heteroatoms. The number of fused-ring (bicyclic) bond motifs is 1. The summed E-state index contributed by atoms with van der Waals surface area (Å²) < 4.78 is 7.20. The summed E-state index contributed by atoms with van der Waals surface area (Å²) in [6, 6.07) is 8.74. The highest BCUT2D eigenvalue weighted by atomic mass is 35.5. The van der Waals surface area contributed by atoms with E-state index in [0.29, 0.717) is 45.8 Å². The van der Waals surface area contributed by atoms with Gasteiger partial charge in [-0.05, 0) is 55.5 Å². The van der Waals surface area contributed by atoms with Crippen LogP contribution in [0.5, 0.6) is 0 Å². The second-order valence-corrected chi connectivity index (χ2v) is 9.66. The van der Waals surface area contributed by atoms with Crippen LogP contribution in [0.1, 0.15) is 19.8 Å². The number of nitrogens with zero attached hydrogens (tertiary/aromatic N) is 3. The van der Waals surface area contributed by atoms with Crippen LogP contribution in [0.2, 0.25) is 5.02 Å². The van der Waals surface area contributed by atoms with Gasteiger partial charge in [-0.15, -0.1) is 11.3 Å². The van der Waals surface area contributed by atoms with Gasteiger partial charge in [0.05, 0.1) is 29.5 Å². The molecule has 1 saturated heterocycles. The predicted octanol–water partition coefficient (Wildman–Crippen LogP) is 3.99. The first-order valence-electron chi connectivity index (χ1n) is 10.3. The number of esters is 1. The average molecular weight is 492 g/mol. The monoisotopic (exact) mass is 491 g/mol. The van der Waals surface area contributed by atoms with Crippen molar-refractivity contribution in [3.8, 4) is 5.69 Å². The lowest BCUT2D eigenvalue weighted by atomic mass is 9.98. The van der Waals surface area contributed by atoms with Crippen molar-refractivity contribution in [1.82, 2.24) is 14.5 Å². The Morgan fingerprint density at radius 1 is 1.28 bits per heavy atom. The van der Waals surface area contributed by atoms with Gasteiger partial charge in [-0.2, -0.15) is 0 Å². The summed E-state index contributed by atoms with van der Waals surface area (Å²) in [4.78, 5) is 44.5. The Morgan fingerprint density at radius 2 is 2.06 bits per heavy atom. The van der Waals surface area contributed by atoms with Crippen LogP contribution in [0.15, 0.2) is 45.7 Å². The Morgan fingerprint density at radius 3 is 2.81 bits per heavy atom. The zero-order valence-corrected chi connectivity index (χ0v) is 19.8. The summed E-state index contributed by atoms with van der Waals surface area (Å²) in [5.74, 6) is -0.513. The first kappa shape index (κ1) is 22.8.